The van der Waals surface area contributed by atoms with E-state index >= 15 is 0 Å². The Kier molecular flexibility index (Phi) is 4.36. The van der Waals surface area contributed by atoms with Gasteiger partial charge >= 0.3 is 11.9 Å². The molecule has 1 aromatic carbocycles. The molecule has 2 rings (SSSR count). The first-order valence-electron chi connectivity index (χ1n) is 6.04. The van der Waals surface area contributed by atoms with Gasteiger partial charge in [0.15, 0.2) is 12.2 Å². The zero-order valence-electron chi connectivity index (χ0n) is 10.8. The maximum absolute atomic E-state index is 11.6. The van der Waals surface area contributed by atoms with Crippen molar-refractivity contribution in [2.75, 3.05) is 5.32 Å². The van der Waals surface area contributed by atoms with E-state index in [4.69, 9.17) is 14.9 Å². The number of hydrogen-bond donors (Lipinski definition) is 4. The highest BCUT2D eigenvalue weighted by Gasteiger charge is 2.32. The van der Waals surface area contributed by atoms with Crippen molar-refractivity contribution in [3.05, 3.63) is 47.9 Å². The Hall–Kier alpha value is -2.64. The summed E-state index contributed by atoms with van der Waals surface area (Å²) in [6.07, 6.45) is 0.435. The van der Waals surface area contributed by atoms with Crippen LogP contribution in [-0.4, -0.2) is 39.5 Å². The molecule has 1 aliphatic heterocycles. The Labute approximate surface area is 119 Å². The number of ether oxygens (including phenoxy) is 1. The lowest BCUT2D eigenvalue weighted by Gasteiger charge is -2.15. The topological polar surface area (TPSA) is 116 Å². The molecule has 4 N–H and O–H groups in total. The Bertz CT molecular complexity index is 622. The van der Waals surface area contributed by atoms with Gasteiger partial charge in [-0.3, -0.25) is 0 Å². The molecular weight excluding hydrogens is 278 g/mol. The lowest BCUT2D eigenvalue weighted by molar-refractivity contribution is -0.167. The van der Waals surface area contributed by atoms with Crippen LogP contribution in [-0.2, 0) is 14.3 Å². The average molecular weight is 291 g/mol. The first-order valence-corrected chi connectivity index (χ1v) is 6.04. The monoisotopic (exact) mass is 291 g/mol. The predicted molar refractivity (Wildman–Crippen MR) is 72.9 cm³/mol. The van der Waals surface area contributed by atoms with Crippen molar-refractivity contribution in [1.82, 2.24) is 0 Å². The lowest BCUT2D eigenvalue weighted by atomic mass is 10.2. The normalized spacial score (nSPS) is 15.8. The number of esters is 1. The number of carboxylic acids is 1. The fourth-order valence-corrected chi connectivity index (χ4v) is 1.66. The number of aliphatic carboxylic acids is 1. The van der Waals surface area contributed by atoms with Gasteiger partial charge in [-0.1, -0.05) is 30.4 Å². The first kappa shape index (κ1) is 14.8. The molecule has 1 aliphatic rings. The number of para-hydroxylation sites is 1. The van der Waals surface area contributed by atoms with Gasteiger partial charge in [-0.25, -0.2) is 9.59 Å². The molecule has 0 saturated heterocycles. The van der Waals surface area contributed by atoms with Crippen molar-refractivity contribution in [3.8, 4) is 0 Å². The summed E-state index contributed by atoms with van der Waals surface area (Å²) in [4.78, 5) is 22.1. The molecular formula is C14H13NO6. The van der Waals surface area contributed by atoms with Crippen LogP contribution in [0.25, 0.3) is 6.08 Å². The van der Waals surface area contributed by atoms with E-state index in [-0.39, 0.29) is 5.88 Å². The highest BCUT2D eigenvalue weighted by atomic mass is 16.6. The van der Waals surface area contributed by atoms with Crippen molar-refractivity contribution in [2.45, 2.75) is 12.2 Å². The summed E-state index contributed by atoms with van der Waals surface area (Å²) in [6.45, 7) is 0. The number of hydrogen-bond acceptors (Lipinski definition) is 6. The number of fused-ring (bicyclic) bond motifs is 1. The average Bonchev–Trinajstić information content (AvgIpc) is 2.66. The molecule has 21 heavy (non-hydrogen) atoms. The summed E-state index contributed by atoms with van der Waals surface area (Å²) >= 11 is 0. The number of benzene rings is 1. The predicted octanol–water partition coefficient (Wildman–Crippen LogP) is 0.316. The van der Waals surface area contributed by atoms with E-state index < -0.39 is 24.1 Å². The van der Waals surface area contributed by atoms with Gasteiger partial charge in [0.25, 0.3) is 0 Å². The lowest BCUT2D eigenvalue weighted by Crippen LogP contribution is -2.40. The zero-order chi connectivity index (χ0) is 15.4. The van der Waals surface area contributed by atoms with E-state index in [1.54, 1.807) is 24.3 Å². The molecule has 0 spiro atoms. The van der Waals surface area contributed by atoms with Gasteiger partial charge in [0, 0.05) is 5.69 Å². The minimum atomic E-state index is -2.24. The summed E-state index contributed by atoms with van der Waals surface area (Å²) in [5.74, 6) is -2.97. The van der Waals surface area contributed by atoms with E-state index in [9.17, 15) is 14.7 Å². The number of carboxylic acid groups (broad SMARTS) is 1. The molecule has 7 nitrogen and oxygen atoms in total. The van der Waals surface area contributed by atoms with Crippen LogP contribution in [0.1, 0.15) is 5.56 Å². The van der Waals surface area contributed by atoms with Gasteiger partial charge in [0.1, 0.15) is 0 Å². The Morgan fingerprint density at radius 3 is 2.57 bits per heavy atom. The first-order chi connectivity index (χ1) is 9.99. The summed E-state index contributed by atoms with van der Waals surface area (Å²) in [5, 5.41) is 29.8. The number of rotatable bonds is 4. The quantitative estimate of drug-likeness (QED) is 0.590. The third-order valence-corrected chi connectivity index (χ3v) is 2.75. The van der Waals surface area contributed by atoms with Crippen LogP contribution >= 0.6 is 0 Å². The largest absolute Gasteiger partial charge is 0.479 e. The maximum atomic E-state index is 11.6. The van der Waals surface area contributed by atoms with E-state index in [1.807, 2.05) is 12.1 Å². The van der Waals surface area contributed by atoms with Crippen molar-refractivity contribution in [3.63, 3.8) is 0 Å². The fourth-order valence-electron chi connectivity index (χ4n) is 1.66. The van der Waals surface area contributed by atoms with Gasteiger partial charge in [-0.15, -0.1) is 0 Å². The van der Waals surface area contributed by atoms with E-state index in [0.29, 0.717) is 5.69 Å². The molecule has 0 saturated carbocycles. The molecule has 0 unspecified atom stereocenters. The number of allylic oxidation sites excluding steroid dienone is 2. The molecule has 1 aromatic rings. The highest BCUT2D eigenvalue weighted by molar-refractivity contribution is 5.85. The molecule has 2 atom stereocenters. The van der Waals surface area contributed by atoms with Crippen LogP contribution in [0.15, 0.2) is 42.3 Å². The van der Waals surface area contributed by atoms with E-state index in [1.165, 1.54) is 6.08 Å². The zero-order valence-corrected chi connectivity index (χ0v) is 10.8. The Balaban J connectivity index is 2.08. The van der Waals surface area contributed by atoms with Crippen molar-refractivity contribution >= 4 is 23.7 Å². The van der Waals surface area contributed by atoms with Crippen molar-refractivity contribution in [2.24, 2.45) is 0 Å². The van der Waals surface area contributed by atoms with Crippen molar-refractivity contribution < 1.29 is 29.6 Å². The second-order valence-electron chi connectivity index (χ2n) is 4.25. The molecule has 0 radical (unpaired) electrons. The van der Waals surface area contributed by atoms with Gasteiger partial charge in [0.2, 0.25) is 5.88 Å². The summed E-state index contributed by atoms with van der Waals surface area (Å²) < 4.78 is 4.85. The molecule has 1 heterocycles. The van der Waals surface area contributed by atoms with Crippen LogP contribution < -0.4 is 5.32 Å². The number of anilines is 1. The number of carbonyl (C=O) groups is 2. The van der Waals surface area contributed by atoms with Crippen LogP contribution in [0, 0.1) is 0 Å². The van der Waals surface area contributed by atoms with E-state index in [0.717, 1.165) is 5.56 Å². The summed E-state index contributed by atoms with van der Waals surface area (Å²) in [7, 11) is 0. The molecule has 0 amide bonds. The number of aliphatic hydroxyl groups excluding tert-OH is 2. The molecule has 0 aliphatic carbocycles. The molecule has 0 fully saturated rings. The van der Waals surface area contributed by atoms with Crippen LogP contribution in [0.2, 0.25) is 0 Å². The minimum Gasteiger partial charge on any atom is -0.479 e. The fraction of sp³-hybridized carbons (Fsp3) is 0.143. The third-order valence-electron chi connectivity index (χ3n) is 2.75. The SMILES string of the molecule is O=C(O)[C@H](O)[C@@H](O)C(=O)OC1=CC=Cc2ccccc2N1. The molecule has 0 bridgehead atoms. The van der Waals surface area contributed by atoms with Crippen molar-refractivity contribution in [1.29, 1.82) is 0 Å². The highest BCUT2D eigenvalue weighted by Crippen LogP contribution is 2.22. The summed E-state index contributed by atoms with van der Waals surface area (Å²) in [6, 6.07) is 7.23. The Morgan fingerprint density at radius 1 is 1.14 bits per heavy atom. The maximum Gasteiger partial charge on any atom is 0.345 e. The van der Waals surface area contributed by atoms with Gasteiger partial charge in [-0.05, 0) is 17.7 Å². The number of aliphatic hydroxyl groups is 2. The van der Waals surface area contributed by atoms with Gasteiger partial charge < -0.3 is 25.4 Å². The molecule has 0 aromatic heterocycles. The second-order valence-corrected chi connectivity index (χ2v) is 4.25. The minimum absolute atomic E-state index is 0.0119. The summed E-state index contributed by atoms with van der Waals surface area (Å²) in [5.41, 5.74) is 1.55. The molecule has 7 heteroatoms. The smallest absolute Gasteiger partial charge is 0.345 e. The van der Waals surface area contributed by atoms with Gasteiger partial charge in [-0.2, -0.15) is 0 Å². The van der Waals surface area contributed by atoms with Crippen LogP contribution in [0.4, 0.5) is 5.69 Å². The number of nitrogens with one attached hydrogen (secondary N) is 1. The standard InChI is InChI=1S/C14H13NO6/c16-11(13(18)19)12(17)14(20)21-10-7-3-5-8-4-1-2-6-9(8)15-10/h1-7,11-12,15-17H,(H,18,19)/t11-,12-/m1/s1. The number of carbonyl (C=O) groups excluding carboxylic acids is 1. The van der Waals surface area contributed by atoms with Gasteiger partial charge in [0.05, 0.1) is 0 Å². The third kappa shape index (κ3) is 3.47. The molecule has 110 valence electrons. The second kappa shape index (κ2) is 6.21. The Morgan fingerprint density at radius 2 is 1.86 bits per heavy atom. The van der Waals surface area contributed by atoms with Crippen LogP contribution in [0.3, 0.4) is 0 Å². The van der Waals surface area contributed by atoms with Crippen LogP contribution in [0.5, 0.6) is 0 Å². The van der Waals surface area contributed by atoms with E-state index in [2.05, 4.69) is 5.32 Å².